The predicted molar refractivity (Wildman–Crippen MR) is 98.9 cm³/mol. The molecule has 1 amide bonds. The Hall–Kier alpha value is -3.26. The number of aromatic amines is 2. The van der Waals surface area contributed by atoms with Crippen LogP contribution in [0.3, 0.4) is 0 Å². The number of aryl methyl sites for hydroxylation is 2. The molecule has 1 aromatic carbocycles. The Labute approximate surface area is 146 Å². The average Bonchev–Trinajstić information content (AvgIpc) is 3.15. The smallest absolute Gasteiger partial charge is 0.261 e. The SMILES string of the molecule is Cc1cc(C=C(C#N)C(=O)NCCc2c[nH]c3ccccc23)c(C)[nH]1. The lowest BCUT2D eigenvalue weighted by Gasteiger charge is -2.04. The Morgan fingerprint density at radius 2 is 2.12 bits per heavy atom. The van der Waals surface area contributed by atoms with Crippen molar-refractivity contribution in [2.24, 2.45) is 0 Å². The number of amides is 1. The molecule has 3 rings (SSSR count). The standard InChI is InChI=1S/C20H20N4O/c1-13-9-16(14(2)24-13)10-17(11-21)20(25)22-8-7-15-12-23-19-6-4-3-5-18(15)19/h3-6,9-10,12,23-24H,7-8H2,1-2H3,(H,22,25). The fraction of sp³-hybridized carbons (Fsp3) is 0.200. The van der Waals surface area contributed by atoms with Crippen molar-refractivity contribution < 1.29 is 4.79 Å². The molecule has 2 aromatic heterocycles. The number of nitrogens with one attached hydrogen (secondary N) is 3. The number of hydrogen-bond donors (Lipinski definition) is 3. The van der Waals surface area contributed by atoms with Crippen LogP contribution in [0.1, 0.15) is 22.5 Å². The quantitative estimate of drug-likeness (QED) is 0.494. The van der Waals surface area contributed by atoms with Crippen molar-refractivity contribution in [2.75, 3.05) is 6.54 Å². The van der Waals surface area contributed by atoms with E-state index in [9.17, 15) is 10.1 Å². The van der Waals surface area contributed by atoms with E-state index < -0.39 is 0 Å². The summed E-state index contributed by atoms with van der Waals surface area (Å²) in [5.74, 6) is -0.347. The van der Waals surface area contributed by atoms with Gasteiger partial charge in [0.15, 0.2) is 0 Å². The Bertz CT molecular complexity index is 985. The first-order valence-electron chi connectivity index (χ1n) is 8.19. The number of para-hydroxylation sites is 1. The third-order valence-electron chi connectivity index (χ3n) is 4.21. The fourth-order valence-electron chi connectivity index (χ4n) is 2.94. The number of hydrogen-bond acceptors (Lipinski definition) is 2. The minimum absolute atomic E-state index is 0.112. The first-order valence-corrected chi connectivity index (χ1v) is 8.19. The van der Waals surface area contributed by atoms with Gasteiger partial charge in [-0.2, -0.15) is 5.26 Å². The zero-order valence-corrected chi connectivity index (χ0v) is 14.3. The summed E-state index contributed by atoms with van der Waals surface area (Å²) in [6, 6.07) is 12.0. The first-order chi connectivity index (χ1) is 12.1. The van der Waals surface area contributed by atoms with Crippen LogP contribution < -0.4 is 5.32 Å². The van der Waals surface area contributed by atoms with Crippen LogP contribution in [0.4, 0.5) is 0 Å². The molecule has 0 aliphatic heterocycles. The van der Waals surface area contributed by atoms with Gasteiger partial charge in [0, 0.05) is 35.0 Å². The van der Waals surface area contributed by atoms with Crippen LogP contribution in [0.5, 0.6) is 0 Å². The van der Waals surface area contributed by atoms with Crippen molar-refractivity contribution in [1.82, 2.24) is 15.3 Å². The lowest BCUT2D eigenvalue weighted by molar-refractivity contribution is -0.117. The van der Waals surface area contributed by atoms with Gasteiger partial charge in [0.25, 0.3) is 5.91 Å². The van der Waals surface area contributed by atoms with E-state index in [1.807, 2.05) is 50.4 Å². The van der Waals surface area contributed by atoms with Crippen LogP contribution in [0.15, 0.2) is 42.1 Å². The second-order valence-corrected chi connectivity index (χ2v) is 6.07. The second-order valence-electron chi connectivity index (χ2n) is 6.07. The van der Waals surface area contributed by atoms with Crippen molar-refractivity contribution in [3.05, 3.63) is 64.6 Å². The molecule has 5 nitrogen and oxygen atoms in total. The molecule has 0 fully saturated rings. The summed E-state index contributed by atoms with van der Waals surface area (Å²) < 4.78 is 0. The Balaban J connectivity index is 1.65. The number of carbonyl (C=O) groups is 1. The molecule has 0 aliphatic rings. The summed E-state index contributed by atoms with van der Waals surface area (Å²) in [5, 5.41) is 13.3. The highest BCUT2D eigenvalue weighted by Crippen LogP contribution is 2.18. The minimum atomic E-state index is -0.347. The number of nitrogens with zero attached hydrogens (tertiary/aromatic N) is 1. The van der Waals surface area contributed by atoms with Crippen molar-refractivity contribution >= 4 is 22.9 Å². The number of benzene rings is 1. The molecule has 3 N–H and O–H groups in total. The van der Waals surface area contributed by atoms with Gasteiger partial charge in [-0.25, -0.2) is 0 Å². The van der Waals surface area contributed by atoms with Gasteiger partial charge in [-0.1, -0.05) is 18.2 Å². The second kappa shape index (κ2) is 7.10. The van der Waals surface area contributed by atoms with Crippen LogP contribution in [0.2, 0.25) is 0 Å². The van der Waals surface area contributed by atoms with E-state index in [1.165, 1.54) is 0 Å². The zero-order valence-electron chi connectivity index (χ0n) is 14.3. The monoisotopic (exact) mass is 332 g/mol. The minimum Gasteiger partial charge on any atom is -0.362 e. The largest absolute Gasteiger partial charge is 0.362 e. The van der Waals surface area contributed by atoms with E-state index >= 15 is 0 Å². The number of carbonyl (C=O) groups excluding carboxylic acids is 1. The molecule has 5 heteroatoms. The maximum absolute atomic E-state index is 12.3. The Kier molecular flexibility index (Phi) is 4.71. The summed E-state index contributed by atoms with van der Waals surface area (Å²) >= 11 is 0. The van der Waals surface area contributed by atoms with Gasteiger partial charge in [0.2, 0.25) is 0 Å². The van der Waals surface area contributed by atoms with E-state index in [1.54, 1.807) is 6.08 Å². The zero-order chi connectivity index (χ0) is 17.8. The van der Waals surface area contributed by atoms with Gasteiger partial charge in [-0.3, -0.25) is 4.79 Å². The van der Waals surface area contributed by atoms with Gasteiger partial charge in [-0.15, -0.1) is 0 Å². The molecule has 3 aromatic rings. The lowest BCUT2D eigenvalue weighted by atomic mass is 10.1. The molecule has 0 atom stereocenters. The van der Waals surface area contributed by atoms with Crippen LogP contribution in [-0.4, -0.2) is 22.4 Å². The highest BCUT2D eigenvalue weighted by Gasteiger charge is 2.11. The number of fused-ring (bicyclic) bond motifs is 1. The molecule has 0 unspecified atom stereocenters. The third kappa shape index (κ3) is 3.64. The van der Waals surface area contributed by atoms with Crippen molar-refractivity contribution in [3.8, 4) is 6.07 Å². The Morgan fingerprint density at radius 3 is 2.84 bits per heavy atom. The maximum Gasteiger partial charge on any atom is 0.261 e. The van der Waals surface area contributed by atoms with Crippen LogP contribution >= 0.6 is 0 Å². The van der Waals surface area contributed by atoms with E-state index in [-0.39, 0.29) is 11.5 Å². The van der Waals surface area contributed by atoms with Crippen molar-refractivity contribution in [1.29, 1.82) is 5.26 Å². The Morgan fingerprint density at radius 1 is 1.32 bits per heavy atom. The summed E-state index contributed by atoms with van der Waals surface area (Å²) in [4.78, 5) is 18.7. The molecule has 0 saturated heterocycles. The van der Waals surface area contributed by atoms with Gasteiger partial charge in [0.05, 0.1) is 0 Å². The topological polar surface area (TPSA) is 84.5 Å². The van der Waals surface area contributed by atoms with Crippen LogP contribution in [0.25, 0.3) is 17.0 Å². The van der Waals surface area contributed by atoms with E-state index in [0.29, 0.717) is 13.0 Å². The lowest BCUT2D eigenvalue weighted by Crippen LogP contribution is -2.26. The molecule has 0 spiro atoms. The fourth-order valence-corrected chi connectivity index (χ4v) is 2.94. The molecule has 2 heterocycles. The van der Waals surface area contributed by atoms with E-state index in [2.05, 4.69) is 21.4 Å². The number of H-pyrrole nitrogens is 2. The van der Waals surface area contributed by atoms with Gasteiger partial charge >= 0.3 is 0 Å². The highest BCUT2D eigenvalue weighted by molar-refractivity contribution is 6.01. The summed E-state index contributed by atoms with van der Waals surface area (Å²) in [6.07, 6.45) is 4.29. The first kappa shape index (κ1) is 16.6. The average molecular weight is 332 g/mol. The van der Waals surface area contributed by atoms with Gasteiger partial charge < -0.3 is 15.3 Å². The predicted octanol–water partition coefficient (Wildman–Crippen LogP) is 3.38. The number of nitriles is 1. The molecular formula is C20H20N4O. The van der Waals surface area contributed by atoms with Crippen molar-refractivity contribution in [2.45, 2.75) is 20.3 Å². The molecular weight excluding hydrogens is 312 g/mol. The summed E-state index contributed by atoms with van der Waals surface area (Å²) in [5.41, 5.74) is 5.15. The molecule has 0 aliphatic carbocycles. The summed E-state index contributed by atoms with van der Waals surface area (Å²) in [6.45, 7) is 4.34. The number of aromatic nitrogens is 2. The molecule has 126 valence electrons. The normalized spacial score (nSPS) is 11.5. The summed E-state index contributed by atoms with van der Waals surface area (Å²) in [7, 11) is 0. The molecule has 0 bridgehead atoms. The van der Waals surface area contributed by atoms with Crippen LogP contribution in [0, 0.1) is 25.2 Å². The van der Waals surface area contributed by atoms with Gasteiger partial charge in [0.1, 0.15) is 11.6 Å². The number of rotatable bonds is 5. The van der Waals surface area contributed by atoms with E-state index in [0.717, 1.165) is 33.4 Å². The highest BCUT2D eigenvalue weighted by atomic mass is 16.1. The van der Waals surface area contributed by atoms with E-state index in [4.69, 9.17) is 0 Å². The van der Waals surface area contributed by atoms with Gasteiger partial charge in [-0.05, 0) is 49.6 Å². The van der Waals surface area contributed by atoms with Crippen LogP contribution in [-0.2, 0) is 11.2 Å². The van der Waals surface area contributed by atoms with Crippen molar-refractivity contribution in [3.63, 3.8) is 0 Å². The molecule has 0 radical (unpaired) electrons. The third-order valence-corrected chi connectivity index (χ3v) is 4.21. The maximum atomic E-state index is 12.3. The molecule has 0 saturated carbocycles. The molecule has 25 heavy (non-hydrogen) atoms.